The quantitative estimate of drug-likeness (QED) is 0.899. The summed E-state index contributed by atoms with van der Waals surface area (Å²) in [5, 5.41) is 9.87. The van der Waals surface area contributed by atoms with E-state index in [1.807, 2.05) is 18.2 Å². The molecule has 0 aliphatic rings. The molecule has 0 radical (unpaired) electrons. The normalized spacial score (nSPS) is 12.1. The van der Waals surface area contributed by atoms with Crippen molar-refractivity contribution in [2.75, 3.05) is 0 Å². The molecule has 1 atom stereocenters. The first-order valence-electron chi connectivity index (χ1n) is 5.21. The average Bonchev–Trinajstić information content (AvgIpc) is 2.30. The van der Waals surface area contributed by atoms with Crippen LogP contribution >= 0.6 is 11.6 Å². The lowest BCUT2D eigenvalue weighted by atomic mass is 9.91. The minimum absolute atomic E-state index is 0.546. The second-order valence-electron chi connectivity index (χ2n) is 3.74. The maximum Gasteiger partial charge on any atom is 0.315 e. The van der Waals surface area contributed by atoms with Crippen molar-refractivity contribution in [2.45, 2.75) is 5.92 Å². The monoisotopic (exact) mass is 246 g/mol. The highest BCUT2D eigenvalue weighted by molar-refractivity contribution is 6.30. The third-order valence-corrected chi connectivity index (χ3v) is 2.80. The summed E-state index contributed by atoms with van der Waals surface area (Å²) >= 11 is 5.89. The van der Waals surface area contributed by atoms with Crippen LogP contribution in [0.1, 0.15) is 17.0 Å². The van der Waals surface area contributed by atoms with Gasteiger partial charge in [0.15, 0.2) is 0 Å². The van der Waals surface area contributed by atoms with Gasteiger partial charge in [-0.3, -0.25) is 4.79 Å². The van der Waals surface area contributed by atoms with Gasteiger partial charge < -0.3 is 5.11 Å². The fourth-order valence-corrected chi connectivity index (χ4v) is 2.01. The van der Waals surface area contributed by atoms with Crippen LogP contribution in [-0.4, -0.2) is 11.1 Å². The van der Waals surface area contributed by atoms with Gasteiger partial charge in [0, 0.05) is 5.02 Å². The number of hydrogen-bond acceptors (Lipinski definition) is 1. The SMILES string of the molecule is O=C(O)C(c1ccccc1)c1cccc(Cl)c1. The highest BCUT2D eigenvalue weighted by atomic mass is 35.5. The van der Waals surface area contributed by atoms with Gasteiger partial charge in [0.25, 0.3) is 0 Å². The van der Waals surface area contributed by atoms with Gasteiger partial charge in [-0.2, -0.15) is 0 Å². The molecule has 0 heterocycles. The topological polar surface area (TPSA) is 37.3 Å². The third-order valence-electron chi connectivity index (χ3n) is 2.56. The van der Waals surface area contributed by atoms with E-state index in [4.69, 9.17) is 11.6 Å². The lowest BCUT2D eigenvalue weighted by Gasteiger charge is -2.13. The zero-order valence-corrected chi connectivity index (χ0v) is 9.76. The lowest BCUT2D eigenvalue weighted by molar-refractivity contribution is -0.137. The van der Waals surface area contributed by atoms with E-state index in [0.717, 1.165) is 5.56 Å². The average molecular weight is 247 g/mol. The first-order valence-corrected chi connectivity index (χ1v) is 5.59. The Labute approximate surface area is 104 Å². The van der Waals surface area contributed by atoms with E-state index in [-0.39, 0.29) is 0 Å². The van der Waals surface area contributed by atoms with Gasteiger partial charge in [-0.25, -0.2) is 0 Å². The molecule has 0 aromatic heterocycles. The van der Waals surface area contributed by atoms with Gasteiger partial charge in [0.1, 0.15) is 5.92 Å². The molecule has 1 unspecified atom stereocenters. The van der Waals surface area contributed by atoms with E-state index in [0.29, 0.717) is 10.6 Å². The van der Waals surface area contributed by atoms with Crippen LogP contribution in [0.4, 0.5) is 0 Å². The molecule has 0 aliphatic carbocycles. The molecule has 1 N–H and O–H groups in total. The van der Waals surface area contributed by atoms with Crippen molar-refractivity contribution >= 4 is 17.6 Å². The molecular weight excluding hydrogens is 236 g/mol. The van der Waals surface area contributed by atoms with Gasteiger partial charge in [-0.15, -0.1) is 0 Å². The Morgan fingerprint density at radius 1 is 1.00 bits per heavy atom. The molecule has 2 aromatic rings. The van der Waals surface area contributed by atoms with Crippen LogP contribution in [-0.2, 0) is 4.79 Å². The van der Waals surface area contributed by atoms with E-state index >= 15 is 0 Å². The van der Waals surface area contributed by atoms with Gasteiger partial charge in [-0.1, -0.05) is 54.1 Å². The Balaban J connectivity index is 2.47. The van der Waals surface area contributed by atoms with Crippen molar-refractivity contribution in [2.24, 2.45) is 0 Å². The predicted octanol–water partition coefficient (Wildman–Crippen LogP) is 3.56. The molecule has 0 bridgehead atoms. The molecule has 0 saturated heterocycles. The number of halogens is 1. The van der Waals surface area contributed by atoms with Crippen LogP contribution < -0.4 is 0 Å². The van der Waals surface area contributed by atoms with Crippen molar-refractivity contribution in [1.82, 2.24) is 0 Å². The number of carboxylic acid groups (broad SMARTS) is 1. The van der Waals surface area contributed by atoms with E-state index in [1.165, 1.54) is 0 Å². The first kappa shape index (κ1) is 11.7. The van der Waals surface area contributed by atoms with Crippen LogP contribution in [0, 0.1) is 0 Å². The molecule has 3 heteroatoms. The molecule has 2 aromatic carbocycles. The number of benzene rings is 2. The minimum Gasteiger partial charge on any atom is -0.481 e. The number of rotatable bonds is 3. The number of carbonyl (C=O) groups is 1. The summed E-state index contributed by atoms with van der Waals surface area (Å²) in [4.78, 5) is 11.4. The molecular formula is C14H11ClO2. The van der Waals surface area contributed by atoms with Crippen molar-refractivity contribution in [3.8, 4) is 0 Å². The van der Waals surface area contributed by atoms with E-state index < -0.39 is 11.9 Å². The van der Waals surface area contributed by atoms with Gasteiger partial charge in [0.05, 0.1) is 0 Å². The summed E-state index contributed by atoms with van der Waals surface area (Å²) in [6.07, 6.45) is 0. The van der Waals surface area contributed by atoms with Gasteiger partial charge >= 0.3 is 5.97 Å². The summed E-state index contributed by atoms with van der Waals surface area (Å²) in [7, 11) is 0. The summed E-state index contributed by atoms with van der Waals surface area (Å²) in [5.74, 6) is -1.55. The largest absolute Gasteiger partial charge is 0.481 e. The Hall–Kier alpha value is -1.80. The number of hydrogen-bond donors (Lipinski definition) is 1. The minimum atomic E-state index is -0.876. The molecule has 0 amide bonds. The molecule has 17 heavy (non-hydrogen) atoms. The molecule has 0 saturated carbocycles. The highest BCUT2D eigenvalue weighted by Gasteiger charge is 2.21. The Bertz CT molecular complexity index is 523. The number of aliphatic carboxylic acids is 1. The van der Waals surface area contributed by atoms with Crippen LogP contribution in [0.5, 0.6) is 0 Å². The molecule has 0 aliphatic heterocycles. The zero-order valence-electron chi connectivity index (χ0n) is 9.01. The zero-order chi connectivity index (χ0) is 12.3. The summed E-state index contributed by atoms with van der Waals surface area (Å²) in [6, 6.07) is 16.1. The van der Waals surface area contributed by atoms with Gasteiger partial charge in [-0.05, 0) is 23.3 Å². The van der Waals surface area contributed by atoms with E-state index in [1.54, 1.807) is 36.4 Å². The standard InChI is InChI=1S/C14H11ClO2/c15-12-8-4-7-11(9-12)13(14(16)17)10-5-2-1-3-6-10/h1-9,13H,(H,16,17). The van der Waals surface area contributed by atoms with E-state index in [2.05, 4.69) is 0 Å². The Morgan fingerprint density at radius 3 is 2.24 bits per heavy atom. The molecule has 86 valence electrons. The summed E-state index contributed by atoms with van der Waals surface area (Å²) < 4.78 is 0. The first-order chi connectivity index (χ1) is 8.18. The fourth-order valence-electron chi connectivity index (χ4n) is 1.81. The maximum atomic E-state index is 11.4. The van der Waals surface area contributed by atoms with E-state index in [9.17, 15) is 9.90 Å². The van der Waals surface area contributed by atoms with Crippen LogP contribution in [0.15, 0.2) is 54.6 Å². The highest BCUT2D eigenvalue weighted by Crippen LogP contribution is 2.26. The second kappa shape index (κ2) is 5.02. The summed E-state index contributed by atoms with van der Waals surface area (Å²) in [5.41, 5.74) is 1.44. The molecule has 0 spiro atoms. The van der Waals surface area contributed by atoms with Crippen LogP contribution in [0.25, 0.3) is 0 Å². The summed E-state index contributed by atoms with van der Waals surface area (Å²) in [6.45, 7) is 0. The number of carboxylic acids is 1. The molecule has 2 nitrogen and oxygen atoms in total. The smallest absolute Gasteiger partial charge is 0.315 e. The third kappa shape index (κ3) is 2.66. The second-order valence-corrected chi connectivity index (χ2v) is 4.17. The fraction of sp³-hybridized carbons (Fsp3) is 0.0714. The predicted molar refractivity (Wildman–Crippen MR) is 67.4 cm³/mol. The van der Waals surface area contributed by atoms with Crippen LogP contribution in [0.2, 0.25) is 5.02 Å². The van der Waals surface area contributed by atoms with Crippen molar-refractivity contribution in [3.05, 3.63) is 70.7 Å². The molecule has 0 fully saturated rings. The van der Waals surface area contributed by atoms with Crippen LogP contribution in [0.3, 0.4) is 0 Å². The Morgan fingerprint density at radius 2 is 1.65 bits per heavy atom. The van der Waals surface area contributed by atoms with Crippen molar-refractivity contribution in [3.63, 3.8) is 0 Å². The Kier molecular flexibility index (Phi) is 3.45. The lowest BCUT2D eigenvalue weighted by Crippen LogP contribution is -2.12. The van der Waals surface area contributed by atoms with Gasteiger partial charge in [0.2, 0.25) is 0 Å². The van der Waals surface area contributed by atoms with Crippen molar-refractivity contribution < 1.29 is 9.90 Å². The molecule has 2 rings (SSSR count). The maximum absolute atomic E-state index is 11.4. The van der Waals surface area contributed by atoms with Crippen molar-refractivity contribution in [1.29, 1.82) is 0 Å².